The van der Waals surface area contributed by atoms with Crippen LogP contribution in [0.4, 0.5) is 0 Å². The van der Waals surface area contributed by atoms with E-state index in [1.165, 1.54) is 10.9 Å². The fourth-order valence-corrected chi connectivity index (χ4v) is 2.12. The molecule has 0 bridgehead atoms. The van der Waals surface area contributed by atoms with Crippen molar-refractivity contribution >= 4 is 17.0 Å². The molecule has 0 saturated heterocycles. The summed E-state index contributed by atoms with van der Waals surface area (Å²) in [5.41, 5.74) is 14.8. The molecule has 1 aromatic heterocycles. The summed E-state index contributed by atoms with van der Waals surface area (Å²) in [6, 6.07) is 6.19. The second kappa shape index (κ2) is 4.26. The SMILES string of the molecule is CC(C)(N)Cc1c[nH]c2c(/C=C/N)cccc12. The highest BCUT2D eigenvalue weighted by atomic mass is 14.7. The highest BCUT2D eigenvalue weighted by Gasteiger charge is 2.15. The Bertz CT molecular complexity index is 544. The zero-order valence-electron chi connectivity index (χ0n) is 10.3. The highest BCUT2D eigenvalue weighted by Crippen LogP contribution is 2.24. The third-order valence-electron chi connectivity index (χ3n) is 2.76. The van der Waals surface area contributed by atoms with Crippen molar-refractivity contribution in [1.29, 1.82) is 0 Å². The molecule has 0 aliphatic heterocycles. The van der Waals surface area contributed by atoms with E-state index in [-0.39, 0.29) is 5.54 Å². The van der Waals surface area contributed by atoms with Crippen LogP contribution in [0.25, 0.3) is 17.0 Å². The summed E-state index contributed by atoms with van der Waals surface area (Å²) in [6.45, 7) is 4.07. The van der Waals surface area contributed by atoms with Crippen molar-refractivity contribution in [2.45, 2.75) is 25.8 Å². The van der Waals surface area contributed by atoms with Gasteiger partial charge in [-0.15, -0.1) is 0 Å². The van der Waals surface area contributed by atoms with Crippen LogP contribution in [0.15, 0.2) is 30.6 Å². The van der Waals surface area contributed by atoms with Crippen molar-refractivity contribution in [2.75, 3.05) is 0 Å². The summed E-state index contributed by atoms with van der Waals surface area (Å²) in [4.78, 5) is 3.30. The number of para-hydroxylation sites is 1. The standard InChI is InChI=1S/C14H19N3/c1-14(2,16)8-11-9-17-13-10(6-7-15)4-3-5-12(11)13/h3-7,9,17H,8,15-16H2,1-2H3/b7-6+. The molecule has 0 amide bonds. The average molecular weight is 229 g/mol. The summed E-state index contributed by atoms with van der Waals surface area (Å²) < 4.78 is 0. The zero-order chi connectivity index (χ0) is 12.5. The van der Waals surface area contributed by atoms with Crippen molar-refractivity contribution < 1.29 is 0 Å². The molecule has 17 heavy (non-hydrogen) atoms. The van der Waals surface area contributed by atoms with Crippen molar-refractivity contribution in [2.24, 2.45) is 11.5 Å². The van der Waals surface area contributed by atoms with Gasteiger partial charge < -0.3 is 16.5 Å². The smallest absolute Gasteiger partial charge is 0.0530 e. The maximum absolute atomic E-state index is 6.07. The van der Waals surface area contributed by atoms with E-state index in [1.54, 1.807) is 6.20 Å². The third kappa shape index (κ3) is 2.50. The fraction of sp³-hybridized carbons (Fsp3) is 0.286. The number of nitrogens with one attached hydrogen (secondary N) is 1. The van der Waals surface area contributed by atoms with Gasteiger partial charge in [0.05, 0.1) is 5.52 Å². The van der Waals surface area contributed by atoms with E-state index in [0.29, 0.717) is 0 Å². The quantitative estimate of drug-likeness (QED) is 0.756. The molecular formula is C14H19N3. The highest BCUT2D eigenvalue weighted by molar-refractivity contribution is 5.90. The van der Waals surface area contributed by atoms with Gasteiger partial charge in [0, 0.05) is 17.1 Å². The van der Waals surface area contributed by atoms with Gasteiger partial charge in [-0.3, -0.25) is 0 Å². The Hall–Kier alpha value is -1.74. The average Bonchev–Trinajstić information content (AvgIpc) is 2.61. The lowest BCUT2D eigenvalue weighted by atomic mass is 9.95. The Morgan fingerprint density at radius 1 is 1.35 bits per heavy atom. The summed E-state index contributed by atoms with van der Waals surface area (Å²) in [6.07, 6.45) is 6.34. The first-order valence-electron chi connectivity index (χ1n) is 5.77. The Morgan fingerprint density at radius 2 is 2.12 bits per heavy atom. The second-order valence-electron chi connectivity index (χ2n) is 5.11. The monoisotopic (exact) mass is 229 g/mol. The van der Waals surface area contributed by atoms with Gasteiger partial charge in [-0.1, -0.05) is 18.2 Å². The van der Waals surface area contributed by atoms with Gasteiger partial charge in [-0.05, 0) is 43.7 Å². The topological polar surface area (TPSA) is 67.8 Å². The number of rotatable bonds is 3. The Balaban J connectivity index is 2.51. The lowest BCUT2D eigenvalue weighted by Gasteiger charge is -2.17. The molecule has 1 heterocycles. The van der Waals surface area contributed by atoms with Crippen LogP contribution in [-0.2, 0) is 6.42 Å². The molecule has 0 saturated carbocycles. The van der Waals surface area contributed by atoms with Gasteiger partial charge in [-0.25, -0.2) is 0 Å². The molecule has 2 aromatic rings. The maximum Gasteiger partial charge on any atom is 0.0530 e. The molecule has 90 valence electrons. The normalized spacial score (nSPS) is 12.6. The van der Waals surface area contributed by atoms with Crippen LogP contribution in [0.1, 0.15) is 25.0 Å². The molecule has 0 atom stereocenters. The number of aromatic amines is 1. The molecule has 3 heteroatoms. The number of aromatic nitrogens is 1. The minimum absolute atomic E-state index is 0.200. The van der Waals surface area contributed by atoms with Crippen molar-refractivity contribution in [3.05, 3.63) is 41.7 Å². The molecule has 1 aromatic carbocycles. The first-order chi connectivity index (χ1) is 8.01. The first kappa shape index (κ1) is 11.7. The molecule has 0 radical (unpaired) electrons. The molecular weight excluding hydrogens is 210 g/mol. The van der Waals surface area contributed by atoms with Crippen LogP contribution in [0, 0.1) is 0 Å². The summed E-state index contributed by atoms with van der Waals surface area (Å²) in [5.74, 6) is 0. The predicted molar refractivity (Wildman–Crippen MR) is 73.5 cm³/mol. The molecule has 0 fully saturated rings. The van der Waals surface area contributed by atoms with Crippen molar-refractivity contribution in [1.82, 2.24) is 4.98 Å². The van der Waals surface area contributed by atoms with Crippen LogP contribution in [0.3, 0.4) is 0 Å². The molecule has 0 aliphatic rings. The third-order valence-corrected chi connectivity index (χ3v) is 2.76. The van der Waals surface area contributed by atoms with E-state index in [9.17, 15) is 0 Å². The molecule has 0 aliphatic carbocycles. The first-order valence-corrected chi connectivity index (χ1v) is 5.77. The molecule has 0 unspecified atom stereocenters. The molecule has 3 nitrogen and oxygen atoms in total. The summed E-state index contributed by atoms with van der Waals surface area (Å²) in [5, 5.41) is 1.22. The molecule has 5 N–H and O–H groups in total. The minimum Gasteiger partial charge on any atom is -0.405 e. The van der Waals surface area contributed by atoms with Gasteiger partial charge in [-0.2, -0.15) is 0 Å². The maximum atomic E-state index is 6.07. The molecule has 2 rings (SSSR count). The van der Waals surface area contributed by atoms with E-state index in [2.05, 4.69) is 11.1 Å². The van der Waals surface area contributed by atoms with Gasteiger partial charge in [0.1, 0.15) is 0 Å². The number of fused-ring (bicyclic) bond motifs is 1. The number of benzene rings is 1. The lowest BCUT2D eigenvalue weighted by molar-refractivity contribution is 0.518. The van der Waals surface area contributed by atoms with Crippen molar-refractivity contribution in [3.63, 3.8) is 0 Å². The van der Waals surface area contributed by atoms with Crippen LogP contribution in [0.2, 0.25) is 0 Å². The number of hydrogen-bond acceptors (Lipinski definition) is 2. The van der Waals surface area contributed by atoms with E-state index < -0.39 is 0 Å². The Labute approximate surface area is 102 Å². The second-order valence-corrected chi connectivity index (χ2v) is 5.11. The van der Waals surface area contributed by atoms with Gasteiger partial charge in [0.2, 0.25) is 0 Å². The fourth-order valence-electron chi connectivity index (χ4n) is 2.12. The summed E-state index contributed by atoms with van der Waals surface area (Å²) >= 11 is 0. The largest absolute Gasteiger partial charge is 0.405 e. The van der Waals surface area contributed by atoms with Crippen molar-refractivity contribution in [3.8, 4) is 0 Å². The Kier molecular flexibility index (Phi) is 2.94. The van der Waals surface area contributed by atoms with Crippen LogP contribution in [-0.4, -0.2) is 10.5 Å². The van der Waals surface area contributed by atoms with Gasteiger partial charge >= 0.3 is 0 Å². The minimum atomic E-state index is -0.200. The number of H-pyrrole nitrogens is 1. The lowest BCUT2D eigenvalue weighted by Crippen LogP contribution is -2.34. The Morgan fingerprint density at radius 3 is 2.76 bits per heavy atom. The van der Waals surface area contributed by atoms with Crippen LogP contribution < -0.4 is 11.5 Å². The van der Waals surface area contributed by atoms with Crippen LogP contribution >= 0.6 is 0 Å². The van der Waals surface area contributed by atoms with E-state index in [4.69, 9.17) is 11.5 Å². The van der Waals surface area contributed by atoms with E-state index in [0.717, 1.165) is 17.5 Å². The number of nitrogens with two attached hydrogens (primary N) is 2. The van der Waals surface area contributed by atoms with Gasteiger partial charge in [0.25, 0.3) is 0 Å². The van der Waals surface area contributed by atoms with Crippen LogP contribution in [0.5, 0.6) is 0 Å². The van der Waals surface area contributed by atoms with Gasteiger partial charge in [0.15, 0.2) is 0 Å². The summed E-state index contributed by atoms with van der Waals surface area (Å²) in [7, 11) is 0. The zero-order valence-corrected chi connectivity index (χ0v) is 10.3. The molecule has 0 spiro atoms. The predicted octanol–water partition coefficient (Wildman–Crippen LogP) is 2.38. The van der Waals surface area contributed by atoms with E-state index >= 15 is 0 Å². The number of hydrogen-bond donors (Lipinski definition) is 3. The van der Waals surface area contributed by atoms with E-state index in [1.807, 2.05) is 38.3 Å².